The number of rotatable bonds is 3. The second kappa shape index (κ2) is 4.63. The molecule has 4 aliphatic rings. The third-order valence-corrected chi connectivity index (χ3v) is 7.25. The molecule has 0 aromatic rings. The molecule has 3 aliphatic heterocycles. The van der Waals surface area contributed by atoms with Gasteiger partial charge in [0.05, 0.1) is 11.1 Å². The highest BCUT2D eigenvalue weighted by atomic mass is 32.2. The highest BCUT2D eigenvalue weighted by Crippen LogP contribution is 2.72. The number of hydrogen-bond acceptors (Lipinski definition) is 4. The van der Waals surface area contributed by atoms with Crippen LogP contribution in [0.25, 0.3) is 0 Å². The topological polar surface area (TPSA) is 73.2 Å². The van der Waals surface area contributed by atoms with Gasteiger partial charge in [0.1, 0.15) is 5.37 Å². The van der Waals surface area contributed by atoms with Crippen LogP contribution in [0.5, 0.6) is 0 Å². The first kappa shape index (κ1) is 14.4. The Labute approximate surface area is 133 Å². The van der Waals surface area contributed by atoms with Gasteiger partial charge in [-0.1, -0.05) is 12.8 Å². The van der Waals surface area contributed by atoms with Crippen molar-refractivity contribution in [2.45, 2.75) is 60.7 Å². The predicted octanol–water partition coefficient (Wildman–Crippen LogP) is 1.16. The minimum Gasteiger partial charge on any atom is -0.479 e. The Kier molecular flexibility index (Phi) is 3.02. The van der Waals surface area contributed by atoms with Gasteiger partial charge in [0.25, 0.3) is 5.91 Å². The summed E-state index contributed by atoms with van der Waals surface area (Å²) in [5, 5.41) is 9.42. The molecule has 4 rings (SSSR count). The number of β-lactam (4-membered cyclic amide) rings is 1. The molecular formula is C15H21N3O3S. The number of carbonyl (C=O) groups excluding carboxylic acids is 1. The lowest BCUT2D eigenvalue weighted by atomic mass is 10.0. The summed E-state index contributed by atoms with van der Waals surface area (Å²) in [6, 6.07) is -0.394. The fourth-order valence-electron chi connectivity index (χ4n) is 4.08. The van der Waals surface area contributed by atoms with Gasteiger partial charge >= 0.3 is 5.97 Å². The fraction of sp³-hybridized carbons (Fsp3) is 0.800. The van der Waals surface area contributed by atoms with Crippen LogP contribution in [-0.2, 0) is 9.59 Å². The van der Waals surface area contributed by atoms with Crippen molar-refractivity contribution in [3.05, 3.63) is 0 Å². The fourth-order valence-corrected chi connectivity index (χ4v) is 5.99. The Morgan fingerprint density at radius 1 is 1.36 bits per heavy atom. The van der Waals surface area contributed by atoms with Crippen molar-refractivity contribution >= 4 is 30.0 Å². The number of amides is 1. The second-order valence-corrected chi connectivity index (χ2v) is 8.57. The molecule has 0 bridgehead atoms. The van der Waals surface area contributed by atoms with E-state index in [0.717, 1.165) is 13.1 Å². The average molecular weight is 323 g/mol. The van der Waals surface area contributed by atoms with Gasteiger partial charge in [-0.25, -0.2) is 4.79 Å². The normalized spacial score (nSPS) is 43.6. The first-order valence-electron chi connectivity index (χ1n) is 8.01. The van der Waals surface area contributed by atoms with Crippen LogP contribution in [-0.4, -0.2) is 67.9 Å². The van der Waals surface area contributed by atoms with E-state index in [1.807, 2.05) is 13.3 Å². The van der Waals surface area contributed by atoms with Gasteiger partial charge in [0.15, 0.2) is 11.6 Å². The molecule has 22 heavy (non-hydrogen) atoms. The van der Waals surface area contributed by atoms with Crippen LogP contribution in [0, 0.1) is 0 Å². The molecule has 1 aliphatic carbocycles. The summed E-state index contributed by atoms with van der Waals surface area (Å²) in [5.41, 5.74) is -0.964. The van der Waals surface area contributed by atoms with Crippen molar-refractivity contribution in [3.63, 3.8) is 0 Å². The number of hydrogen-bond donors (Lipinski definition) is 1. The van der Waals surface area contributed by atoms with E-state index in [9.17, 15) is 14.7 Å². The van der Waals surface area contributed by atoms with E-state index in [-0.39, 0.29) is 16.0 Å². The summed E-state index contributed by atoms with van der Waals surface area (Å²) in [6.07, 6.45) is 7.26. The van der Waals surface area contributed by atoms with Gasteiger partial charge in [-0.3, -0.25) is 9.79 Å². The molecule has 4 fully saturated rings. The first-order chi connectivity index (χ1) is 10.5. The number of carbonyl (C=O) groups is 2. The number of likely N-dealkylation sites (tertiary alicyclic amines) is 1. The lowest BCUT2D eigenvalue weighted by Gasteiger charge is -2.43. The van der Waals surface area contributed by atoms with E-state index >= 15 is 0 Å². The number of nitrogens with zero attached hydrogens (tertiary/aromatic N) is 3. The number of fused-ring (bicyclic) bond motifs is 3. The van der Waals surface area contributed by atoms with Gasteiger partial charge in [0, 0.05) is 19.5 Å². The van der Waals surface area contributed by atoms with Crippen LogP contribution in [0.15, 0.2) is 4.99 Å². The van der Waals surface area contributed by atoms with E-state index in [2.05, 4.69) is 9.89 Å². The van der Waals surface area contributed by atoms with Gasteiger partial charge in [-0.2, -0.15) is 0 Å². The van der Waals surface area contributed by atoms with Crippen LogP contribution < -0.4 is 0 Å². The largest absolute Gasteiger partial charge is 0.479 e. The van der Waals surface area contributed by atoms with Crippen molar-refractivity contribution < 1.29 is 14.7 Å². The Balaban J connectivity index is 1.46. The summed E-state index contributed by atoms with van der Waals surface area (Å²) >= 11 is 1.61. The minimum atomic E-state index is -0.964. The monoisotopic (exact) mass is 323 g/mol. The standard InChI is InChI=1S/C15H21N3O3S/c1-14-8-15(14,13(20)21)18-11(19)10(12(18)22-14)16-9-17-6-4-2-3-5-7-17/h9-10,12H,2-8H2,1H3,(H,20,21)/t10-,12-,14+,15+/m1/s1. The van der Waals surface area contributed by atoms with E-state index in [1.165, 1.54) is 25.7 Å². The summed E-state index contributed by atoms with van der Waals surface area (Å²) in [4.78, 5) is 32.2. The molecule has 3 heterocycles. The molecule has 1 amide bonds. The molecule has 0 aromatic carbocycles. The van der Waals surface area contributed by atoms with Crippen LogP contribution in [0.3, 0.4) is 0 Å². The maximum absolute atomic E-state index is 12.4. The van der Waals surface area contributed by atoms with E-state index in [1.54, 1.807) is 16.7 Å². The number of aliphatic imine (C=N–C) groups is 1. The number of thioether (sulfide) groups is 1. The van der Waals surface area contributed by atoms with Crippen molar-refractivity contribution in [2.24, 2.45) is 4.99 Å². The van der Waals surface area contributed by atoms with Crippen LogP contribution in [0.4, 0.5) is 0 Å². The van der Waals surface area contributed by atoms with Crippen molar-refractivity contribution in [1.82, 2.24) is 9.80 Å². The average Bonchev–Trinajstić information content (AvgIpc) is 3.10. The summed E-state index contributed by atoms with van der Waals surface area (Å²) < 4.78 is -0.327. The molecule has 0 spiro atoms. The number of aliphatic carboxylic acids is 1. The molecule has 1 N–H and O–H groups in total. The third kappa shape index (κ3) is 1.71. The maximum Gasteiger partial charge on any atom is 0.331 e. The molecule has 7 heteroatoms. The predicted molar refractivity (Wildman–Crippen MR) is 83.9 cm³/mol. The van der Waals surface area contributed by atoms with Gasteiger partial charge in [-0.15, -0.1) is 11.8 Å². The van der Waals surface area contributed by atoms with Crippen molar-refractivity contribution in [3.8, 4) is 0 Å². The number of carboxylic acid groups (broad SMARTS) is 1. The second-order valence-electron chi connectivity index (χ2n) is 6.95. The zero-order chi connectivity index (χ0) is 15.5. The van der Waals surface area contributed by atoms with Crippen LogP contribution >= 0.6 is 11.8 Å². The zero-order valence-electron chi connectivity index (χ0n) is 12.7. The highest BCUT2D eigenvalue weighted by molar-refractivity contribution is 8.02. The van der Waals surface area contributed by atoms with Crippen LogP contribution in [0.1, 0.15) is 39.0 Å². The van der Waals surface area contributed by atoms with Crippen molar-refractivity contribution in [1.29, 1.82) is 0 Å². The molecule has 4 atom stereocenters. The third-order valence-electron chi connectivity index (χ3n) is 5.54. The van der Waals surface area contributed by atoms with Crippen LogP contribution in [0.2, 0.25) is 0 Å². The summed E-state index contributed by atoms with van der Waals surface area (Å²) in [7, 11) is 0. The van der Waals surface area contributed by atoms with Crippen molar-refractivity contribution in [2.75, 3.05) is 13.1 Å². The maximum atomic E-state index is 12.4. The lowest BCUT2D eigenvalue weighted by molar-refractivity contribution is -0.161. The molecule has 3 saturated heterocycles. The minimum absolute atomic E-state index is 0.0921. The molecule has 0 unspecified atom stereocenters. The Hall–Kier alpha value is -1.24. The molecular weight excluding hydrogens is 302 g/mol. The zero-order valence-corrected chi connectivity index (χ0v) is 13.5. The first-order valence-corrected chi connectivity index (χ1v) is 8.89. The Morgan fingerprint density at radius 2 is 2.05 bits per heavy atom. The highest BCUT2D eigenvalue weighted by Gasteiger charge is 2.85. The van der Waals surface area contributed by atoms with Gasteiger partial charge < -0.3 is 14.9 Å². The summed E-state index contributed by atoms with van der Waals surface area (Å²) in [5.74, 6) is -0.986. The summed E-state index contributed by atoms with van der Waals surface area (Å²) in [6.45, 7) is 3.96. The van der Waals surface area contributed by atoms with Gasteiger partial charge in [-0.05, 0) is 19.8 Å². The lowest BCUT2D eigenvalue weighted by Crippen LogP contribution is -2.66. The quantitative estimate of drug-likeness (QED) is 0.479. The smallest absolute Gasteiger partial charge is 0.331 e. The number of carboxylic acids is 1. The molecule has 120 valence electrons. The van der Waals surface area contributed by atoms with E-state index < -0.39 is 17.6 Å². The van der Waals surface area contributed by atoms with E-state index in [4.69, 9.17) is 0 Å². The molecule has 0 aromatic heterocycles. The SMILES string of the molecule is C[C@]12C[C@@]1(C(=O)O)N1C(=O)[C@@H](N=CN3CCCCCC3)[C@H]1S2. The Morgan fingerprint density at radius 3 is 2.68 bits per heavy atom. The molecule has 0 radical (unpaired) electrons. The molecule has 6 nitrogen and oxygen atoms in total. The van der Waals surface area contributed by atoms with E-state index in [0.29, 0.717) is 6.42 Å². The Bertz CT molecular complexity index is 560. The molecule has 1 saturated carbocycles. The van der Waals surface area contributed by atoms with Gasteiger partial charge in [0.2, 0.25) is 0 Å².